The van der Waals surface area contributed by atoms with Crippen molar-refractivity contribution in [3.05, 3.63) is 34.0 Å². The van der Waals surface area contributed by atoms with Gasteiger partial charge in [-0.2, -0.15) is 4.57 Å². The van der Waals surface area contributed by atoms with E-state index in [1.165, 1.54) is 0 Å². The van der Waals surface area contributed by atoms with Crippen LogP contribution in [-0.2, 0) is 21.4 Å². The molecule has 0 bridgehead atoms. The fourth-order valence-corrected chi connectivity index (χ4v) is 4.06. The number of ether oxygens (including phenoxy) is 1. The number of hydrogen-bond acceptors (Lipinski definition) is 5. The van der Waals surface area contributed by atoms with E-state index >= 15 is 0 Å². The van der Waals surface area contributed by atoms with Gasteiger partial charge in [0, 0.05) is 23.3 Å². The Morgan fingerprint density at radius 2 is 2.22 bits per heavy atom. The maximum Gasteiger partial charge on any atom is 0.266 e. The molecule has 0 aliphatic rings. The van der Waals surface area contributed by atoms with Crippen LogP contribution in [0.15, 0.2) is 24.0 Å². The highest BCUT2D eigenvalue weighted by molar-refractivity contribution is 7.85. The third kappa shape index (κ3) is 5.17. The van der Waals surface area contributed by atoms with Crippen LogP contribution in [0.5, 0.6) is 0 Å². The first-order valence-corrected chi connectivity index (χ1v) is 9.94. The number of nitrogens with zero attached hydrogens (tertiary/aromatic N) is 1. The van der Waals surface area contributed by atoms with Crippen LogP contribution >= 0.6 is 22.9 Å². The van der Waals surface area contributed by atoms with Gasteiger partial charge in [-0.3, -0.25) is 0 Å². The van der Waals surface area contributed by atoms with Gasteiger partial charge in [-0.1, -0.05) is 22.9 Å². The van der Waals surface area contributed by atoms with Crippen molar-refractivity contribution in [3.63, 3.8) is 0 Å². The molecule has 0 aliphatic heterocycles. The number of aromatic nitrogens is 1. The van der Waals surface area contributed by atoms with Gasteiger partial charge in [0.1, 0.15) is 10.5 Å². The Morgan fingerprint density at radius 3 is 2.87 bits per heavy atom. The number of rotatable bonds is 7. The average Bonchev–Trinajstić information content (AvgIpc) is 2.75. The second-order valence-electron chi connectivity index (χ2n) is 5.01. The van der Waals surface area contributed by atoms with Gasteiger partial charge < -0.3 is 9.29 Å². The van der Waals surface area contributed by atoms with Crippen LogP contribution in [0.2, 0.25) is 5.02 Å². The van der Waals surface area contributed by atoms with E-state index in [2.05, 4.69) is 0 Å². The largest absolute Gasteiger partial charge is 0.748 e. The zero-order chi connectivity index (χ0) is 17.0. The van der Waals surface area contributed by atoms with Gasteiger partial charge in [0.2, 0.25) is 5.52 Å². The van der Waals surface area contributed by atoms with Crippen LogP contribution in [-0.4, -0.2) is 25.3 Å². The maximum atomic E-state index is 10.8. The molecule has 8 heteroatoms. The van der Waals surface area contributed by atoms with Crippen molar-refractivity contribution in [1.29, 1.82) is 0 Å². The third-order valence-electron chi connectivity index (χ3n) is 3.17. The fourth-order valence-electron chi connectivity index (χ4n) is 2.25. The Bertz CT molecular complexity index is 827. The lowest BCUT2D eigenvalue weighted by Gasteiger charge is -2.05. The van der Waals surface area contributed by atoms with E-state index in [-0.39, 0.29) is 12.2 Å². The molecule has 1 aromatic carbocycles. The van der Waals surface area contributed by atoms with Crippen LogP contribution < -0.4 is 4.57 Å². The summed E-state index contributed by atoms with van der Waals surface area (Å²) in [5.74, 6) is 0.390. The third-order valence-corrected chi connectivity index (χ3v) is 5.30. The second-order valence-corrected chi connectivity index (χ2v) is 8.03. The Kier molecular flexibility index (Phi) is 6.02. The van der Waals surface area contributed by atoms with Gasteiger partial charge >= 0.3 is 0 Å². The van der Waals surface area contributed by atoms with Crippen LogP contribution in [0.25, 0.3) is 16.3 Å². The lowest BCUT2D eigenvalue weighted by molar-refractivity contribution is -0.668. The molecule has 5 nitrogen and oxygen atoms in total. The minimum Gasteiger partial charge on any atom is -0.748 e. The first-order valence-electron chi connectivity index (χ1n) is 7.16. The van der Waals surface area contributed by atoms with Crippen LogP contribution in [0, 0.1) is 0 Å². The van der Waals surface area contributed by atoms with Crippen molar-refractivity contribution < 1.29 is 22.3 Å². The number of allylic oxidation sites excluding steroid dienone is 1. The van der Waals surface area contributed by atoms with E-state index in [0.29, 0.717) is 18.2 Å². The van der Waals surface area contributed by atoms with Gasteiger partial charge in [0.15, 0.2) is 6.54 Å². The average molecular weight is 376 g/mol. The monoisotopic (exact) mass is 375 g/mol. The van der Waals surface area contributed by atoms with E-state index in [1.54, 1.807) is 11.3 Å². The highest BCUT2D eigenvalue weighted by Crippen LogP contribution is 2.25. The minimum absolute atomic E-state index is 0.253. The van der Waals surface area contributed by atoms with E-state index in [0.717, 1.165) is 21.0 Å². The molecule has 2 rings (SSSR count). The molecule has 0 fully saturated rings. The Morgan fingerprint density at radius 1 is 1.48 bits per heavy atom. The van der Waals surface area contributed by atoms with E-state index in [9.17, 15) is 13.0 Å². The number of thiazole rings is 1. The summed E-state index contributed by atoms with van der Waals surface area (Å²) in [6, 6.07) is 5.58. The fraction of sp³-hybridized carbons (Fsp3) is 0.400. The van der Waals surface area contributed by atoms with Crippen LogP contribution in [0.4, 0.5) is 0 Å². The lowest BCUT2D eigenvalue weighted by Crippen LogP contribution is -2.36. The molecular weight excluding hydrogens is 358 g/mol. The van der Waals surface area contributed by atoms with Gasteiger partial charge in [-0.05, 0) is 26.0 Å². The molecule has 0 saturated heterocycles. The van der Waals surface area contributed by atoms with Gasteiger partial charge in [-0.25, -0.2) is 8.42 Å². The summed E-state index contributed by atoms with van der Waals surface area (Å²) in [4.78, 5) is 0. The summed E-state index contributed by atoms with van der Waals surface area (Å²) in [6.07, 6.45) is 2.16. The number of benzene rings is 1. The quantitative estimate of drug-likeness (QED) is 0.423. The molecule has 2 aromatic rings. The summed E-state index contributed by atoms with van der Waals surface area (Å²) < 4.78 is 40.9. The molecule has 23 heavy (non-hydrogen) atoms. The Balaban J connectivity index is 2.40. The molecule has 0 atom stereocenters. The normalized spacial score (nSPS) is 12.8. The van der Waals surface area contributed by atoms with Gasteiger partial charge in [0.25, 0.3) is 5.01 Å². The summed E-state index contributed by atoms with van der Waals surface area (Å²) in [7, 11) is -4.21. The van der Waals surface area contributed by atoms with E-state index < -0.39 is 10.1 Å². The summed E-state index contributed by atoms with van der Waals surface area (Å²) >= 11 is 7.63. The zero-order valence-corrected chi connectivity index (χ0v) is 15.3. The number of hydrogen-bond donors (Lipinski definition) is 0. The highest BCUT2D eigenvalue weighted by atomic mass is 35.5. The molecule has 1 heterocycles. The number of fused-ring (bicyclic) bond motifs is 1. The Labute approximate surface area is 144 Å². The smallest absolute Gasteiger partial charge is 0.266 e. The molecule has 0 N–H and O–H groups in total. The predicted octanol–water partition coefficient (Wildman–Crippen LogP) is 3.17. The number of halogens is 1. The van der Waals surface area contributed by atoms with Crippen molar-refractivity contribution in [3.8, 4) is 0 Å². The molecule has 1 aromatic heterocycles. The van der Waals surface area contributed by atoms with Crippen molar-refractivity contribution >= 4 is 49.3 Å². The predicted molar refractivity (Wildman–Crippen MR) is 91.5 cm³/mol. The first kappa shape index (κ1) is 18.2. The van der Waals surface area contributed by atoms with Gasteiger partial charge in [0.05, 0.1) is 22.8 Å². The molecule has 0 radical (unpaired) electrons. The second kappa shape index (κ2) is 7.61. The maximum absolute atomic E-state index is 10.8. The highest BCUT2D eigenvalue weighted by Gasteiger charge is 2.20. The molecule has 0 amide bonds. The lowest BCUT2D eigenvalue weighted by atomic mass is 10.3. The van der Waals surface area contributed by atoms with Crippen molar-refractivity contribution in [1.82, 2.24) is 0 Å². The van der Waals surface area contributed by atoms with Gasteiger partial charge in [-0.15, -0.1) is 0 Å². The molecular formula is C15H18ClNO4S2. The Hall–Kier alpha value is -1.15. The molecule has 0 unspecified atom stereocenters. The van der Waals surface area contributed by atoms with Crippen molar-refractivity contribution in [2.45, 2.75) is 26.8 Å². The van der Waals surface area contributed by atoms with Crippen molar-refractivity contribution in [2.75, 3.05) is 12.4 Å². The number of aryl methyl sites for hydroxylation is 1. The molecule has 0 aliphatic carbocycles. The van der Waals surface area contributed by atoms with Crippen LogP contribution in [0.1, 0.15) is 25.3 Å². The van der Waals surface area contributed by atoms with E-state index in [1.807, 2.05) is 42.7 Å². The zero-order valence-electron chi connectivity index (χ0n) is 12.9. The minimum atomic E-state index is -4.21. The van der Waals surface area contributed by atoms with Crippen LogP contribution in [0.3, 0.4) is 0 Å². The summed E-state index contributed by atoms with van der Waals surface area (Å²) in [5, 5.41) is 1.54. The summed E-state index contributed by atoms with van der Waals surface area (Å²) in [6.45, 7) is 4.78. The molecule has 0 saturated carbocycles. The first-order chi connectivity index (χ1) is 10.8. The van der Waals surface area contributed by atoms with Crippen molar-refractivity contribution in [2.24, 2.45) is 0 Å². The molecule has 0 spiro atoms. The molecule has 126 valence electrons. The standard InChI is InChI=1S/C15H18ClNO4S2/c1-3-21-11(2)9-15-17(7-4-8-23(18,19)20)13-10-12(16)5-6-14(13)22-15/h5-6,9-10H,3-4,7-8H2,1-2H3. The SMILES string of the molecule is CCOC(C)=Cc1sc2ccc(Cl)cc2[n+]1CCCS(=O)(=O)[O-]. The van der Waals surface area contributed by atoms with E-state index in [4.69, 9.17) is 16.3 Å². The summed E-state index contributed by atoms with van der Waals surface area (Å²) in [5.41, 5.74) is 0.918. The topological polar surface area (TPSA) is 70.3 Å².